The van der Waals surface area contributed by atoms with Crippen LogP contribution in [0.3, 0.4) is 0 Å². The molecule has 4 heteroatoms. The molecule has 0 fully saturated rings. The molecule has 0 saturated heterocycles. The molecule has 0 bridgehead atoms. The van der Waals surface area contributed by atoms with Crippen molar-refractivity contribution < 1.29 is 14.3 Å². The molecular weight excluding hydrogens is 245 g/mol. The van der Waals surface area contributed by atoms with Gasteiger partial charge >= 0.3 is 0 Å². The van der Waals surface area contributed by atoms with Gasteiger partial charge in [0.25, 0.3) is 0 Å². The fourth-order valence-electron chi connectivity index (χ4n) is 2.06. The minimum Gasteiger partial charge on any atom is -0.508 e. The van der Waals surface area contributed by atoms with Gasteiger partial charge in [-0.05, 0) is 35.4 Å². The van der Waals surface area contributed by atoms with Crippen LogP contribution in [0.5, 0.6) is 5.75 Å². The average molecular weight is 257 g/mol. The van der Waals surface area contributed by atoms with Crippen LogP contribution in [-0.2, 0) is 4.84 Å². The third kappa shape index (κ3) is 2.42. The monoisotopic (exact) mass is 257 g/mol. The van der Waals surface area contributed by atoms with E-state index >= 15 is 0 Å². The first-order chi connectivity index (χ1) is 9.22. The molecule has 1 aliphatic heterocycles. The van der Waals surface area contributed by atoms with Crippen LogP contribution in [0.25, 0.3) is 0 Å². The van der Waals surface area contributed by atoms with Crippen molar-refractivity contribution in [2.24, 2.45) is 5.16 Å². The SMILES string of the molecule is Oc1ccc(C2CC(c3ccc(F)cc3)=NO2)cc1. The maximum atomic E-state index is 12.9. The zero-order valence-electron chi connectivity index (χ0n) is 10.1. The first-order valence-electron chi connectivity index (χ1n) is 6.00. The molecule has 96 valence electrons. The van der Waals surface area contributed by atoms with Crippen LogP contribution >= 0.6 is 0 Å². The van der Waals surface area contributed by atoms with Gasteiger partial charge in [0.1, 0.15) is 11.6 Å². The minimum atomic E-state index is -0.265. The van der Waals surface area contributed by atoms with E-state index in [1.807, 2.05) is 12.1 Å². The molecule has 3 nitrogen and oxygen atoms in total. The highest BCUT2D eigenvalue weighted by atomic mass is 19.1. The average Bonchev–Trinajstić information content (AvgIpc) is 2.90. The minimum absolute atomic E-state index is 0.152. The fraction of sp³-hybridized carbons (Fsp3) is 0.133. The summed E-state index contributed by atoms with van der Waals surface area (Å²) in [6.07, 6.45) is 0.483. The van der Waals surface area contributed by atoms with Crippen molar-refractivity contribution >= 4 is 5.71 Å². The second-order valence-electron chi connectivity index (χ2n) is 4.43. The number of aromatic hydroxyl groups is 1. The Bertz CT molecular complexity index is 605. The Morgan fingerprint density at radius 1 is 1.05 bits per heavy atom. The summed E-state index contributed by atoms with van der Waals surface area (Å²) < 4.78 is 12.9. The van der Waals surface area contributed by atoms with E-state index in [0.717, 1.165) is 16.8 Å². The predicted molar refractivity (Wildman–Crippen MR) is 69.5 cm³/mol. The van der Waals surface area contributed by atoms with E-state index in [1.54, 1.807) is 24.3 Å². The lowest BCUT2D eigenvalue weighted by Crippen LogP contribution is -2.01. The largest absolute Gasteiger partial charge is 0.508 e. The topological polar surface area (TPSA) is 41.8 Å². The number of oxime groups is 1. The number of nitrogens with zero attached hydrogens (tertiary/aromatic N) is 1. The summed E-state index contributed by atoms with van der Waals surface area (Å²) in [5.41, 5.74) is 2.62. The zero-order chi connectivity index (χ0) is 13.2. The van der Waals surface area contributed by atoms with Crippen LogP contribution in [0.1, 0.15) is 23.7 Å². The maximum absolute atomic E-state index is 12.9. The summed E-state index contributed by atoms with van der Waals surface area (Å²) in [4.78, 5) is 5.39. The van der Waals surface area contributed by atoms with Gasteiger partial charge < -0.3 is 9.94 Å². The molecule has 1 heterocycles. The van der Waals surface area contributed by atoms with Crippen LogP contribution in [0, 0.1) is 5.82 Å². The Kier molecular flexibility index (Phi) is 2.91. The second-order valence-corrected chi connectivity index (χ2v) is 4.43. The second kappa shape index (κ2) is 4.72. The molecule has 2 aromatic rings. The molecule has 0 amide bonds. The normalized spacial score (nSPS) is 17.9. The maximum Gasteiger partial charge on any atom is 0.158 e. The Morgan fingerprint density at radius 2 is 1.74 bits per heavy atom. The molecule has 1 atom stereocenters. The molecule has 19 heavy (non-hydrogen) atoms. The van der Waals surface area contributed by atoms with E-state index in [1.165, 1.54) is 12.1 Å². The quantitative estimate of drug-likeness (QED) is 0.895. The molecule has 1 unspecified atom stereocenters. The van der Waals surface area contributed by atoms with Crippen LogP contribution in [0.2, 0.25) is 0 Å². The number of rotatable bonds is 2. The first kappa shape index (κ1) is 11.7. The van der Waals surface area contributed by atoms with Crippen molar-refractivity contribution in [2.75, 3.05) is 0 Å². The number of hydrogen-bond acceptors (Lipinski definition) is 3. The smallest absolute Gasteiger partial charge is 0.158 e. The fourth-order valence-corrected chi connectivity index (χ4v) is 2.06. The van der Waals surface area contributed by atoms with Crippen LogP contribution in [0.15, 0.2) is 53.7 Å². The molecule has 0 aliphatic carbocycles. The van der Waals surface area contributed by atoms with E-state index in [0.29, 0.717) is 6.42 Å². The van der Waals surface area contributed by atoms with Crippen LogP contribution in [0.4, 0.5) is 4.39 Å². The zero-order valence-corrected chi connectivity index (χ0v) is 10.1. The number of benzene rings is 2. The number of phenols is 1. The van der Waals surface area contributed by atoms with E-state index in [-0.39, 0.29) is 17.7 Å². The number of hydrogen-bond donors (Lipinski definition) is 1. The van der Waals surface area contributed by atoms with Gasteiger partial charge in [-0.25, -0.2) is 4.39 Å². The lowest BCUT2D eigenvalue weighted by Gasteiger charge is -2.08. The van der Waals surface area contributed by atoms with Crippen molar-refractivity contribution in [3.05, 3.63) is 65.5 Å². The Morgan fingerprint density at radius 3 is 2.42 bits per heavy atom. The van der Waals surface area contributed by atoms with Crippen LogP contribution < -0.4 is 0 Å². The van der Waals surface area contributed by atoms with Crippen molar-refractivity contribution in [3.8, 4) is 5.75 Å². The lowest BCUT2D eigenvalue weighted by atomic mass is 10.0. The molecule has 3 rings (SSSR count). The highest BCUT2D eigenvalue weighted by Gasteiger charge is 2.23. The van der Waals surface area contributed by atoms with Crippen molar-refractivity contribution in [1.29, 1.82) is 0 Å². The molecule has 2 aromatic carbocycles. The summed E-state index contributed by atoms with van der Waals surface area (Å²) in [6, 6.07) is 13.1. The highest BCUT2D eigenvalue weighted by Crippen LogP contribution is 2.30. The van der Waals surface area contributed by atoms with Gasteiger partial charge in [-0.2, -0.15) is 0 Å². The van der Waals surface area contributed by atoms with Gasteiger partial charge in [-0.3, -0.25) is 0 Å². The van der Waals surface area contributed by atoms with E-state index in [4.69, 9.17) is 4.84 Å². The molecular formula is C15H12FNO2. The van der Waals surface area contributed by atoms with Gasteiger partial charge in [-0.15, -0.1) is 0 Å². The summed E-state index contributed by atoms with van der Waals surface area (Å²) in [5, 5.41) is 13.3. The third-order valence-electron chi connectivity index (χ3n) is 3.11. The molecule has 0 saturated carbocycles. The summed E-state index contributed by atoms with van der Waals surface area (Å²) in [5.74, 6) is -0.0419. The molecule has 1 aliphatic rings. The van der Waals surface area contributed by atoms with Crippen molar-refractivity contribution in [3.63, 3.8) is 0 Å². The van der Waals surface area contributed by atoms with Gasteiger partial charge in [0, 0.05) is 6.42 Å². The van der Waals surface area contributed by atoms with Crippen molar-refractivity contribution in [1.82, 2.24) is 0 Å². The lowest BCUT2D eigenvalue weighted by molar-refractivity contribution is 0.0857. The van der Waals surface area contributed by atoms with E-state index in [9.17, 15) is 9.50 Å². The molecule has 1 N–H and O–H groups in total. The standard InChI is InChI=1S/C15H12FNO2/c16-12-5-1-10(2-6-12)14-9-15(19-17-14)11-3-7-13(18)8-4-11/h1-8,15,18H,9H2. The molecule has 0 aromatic heterocycles. The van der Waals surface area contributed by atoms with Crippen molar-refractivity contribution in [2.45, 2.75) is 12.5 Å². The van der Waals surface area contributed by atoms with Gasteiger partial charge in [0.2, 0.25) is 0 Å². The highest BCUT2D eigenvalue weighted by molar-refractivity contribution is 6.01. The summed E-state index contributed by atoms with van der Waals surface area (Å²) >= 11 is 0. The van der Waals surface area contributed by atoms with E-state index < -0.39 is 0 Å². The number of phenolic OH excluding ortho intramolecular Hbond substituents is 1. The van der Waals surface area contributed by atoms with Gasteiger partial charge in [0.05, 0.1) is 5.71 Å². The van der Waals surface area contributed by atoms with Gasteiger partial charge in [0.15, 0.2) is 6.10 Å². The first-order valence-corrected chi connectivity index (χ1v) is 6.00. The molecule has 0 radical (unpaired) electrons. The summed E-state index contributed by atoms with van der Waals surface area (Å²) in [7, 11) is 0. The van der Waals surface area contributed by atoms with E-state index in [2.05, 4.69) is 5.16 Å². The Labute approximate surface area is 110 Å². The predicted octanol–water partition coefficient (Wildman–Crippen LogP) is 3.40. The molecule has 0 spiro atoms. The van der Waals surface area contributed by atoms with Gasteiger partial charge in [-0.1, -0.05) is 29.4 Å². The third-order valence-corrected chi connectivity index (χ3v) is 3.11. The summed E-state index contributed by atoms with van der Waals surface area (Å²) in [6.45, 7) is 0. The van der Waals surface area contributed by atoms with Crippen LogP contribution in [-0.4, -0.2) is 10.8 Å². The number of halogens is 1. The Hall–Kier alpha value is -2.36. The Balaban J connectivity index is 1.76.